The van der Waals surface area contributed by atoms with Crippen molar-refractivity contribution < 1.29 is 9.47 Å². The molecule has 0 amide bonds. The summed E-state index contributed by atoms with van der Waals surface area (Å²) in [5.74, 6) is 0.971. The summed E-state index contributed by atoms with van der Waals surface area (Å²) in [6.07, 6.45) is 3.16. The highest BCUT2D eigenvalue weighted by Crippen LogP contribution is 2.26. The van der Waals surface area contributed by atoms with E-state index < -0.39 is 0 Å². The van der Waals surface area contributed by atoms with Crippen LogP contribution in [0.1, 0.15) is 20.3 Å². The Morgan fingerprint density at radius 3 is 2.78 bits per heavy atom. The van der Waals surface area contributed by atoms with Crippen LogP contribution in [0.5, 0.6) is 5.75 Å². The highest BCUT2D eigenvalue weighted by atomic mass is 16.5. The largest absolute Gasteiger partial charge is 0.493 e. The number of hydrogen-bond acceptors (Lipinski definition) is 2. The van der Waals surface area contributed by atoms with E-state index >= 15 is 0 Å². The Labute approximate surface area is 108 Å². The molecule has 1 aromatic carbocycles. The van der Waals surface area contributed by atoms with Crippen LogP contribution in [0.2, 0.25) is 0 Å². The van der Waals surface area contributed by atoms with Crippen molar-refractivity contribution in [2.24, 2.45) is 0 Å². The van der Waals surface area contributed by atoms with Gasteiger partial charge < -0.3 is 14.0 Å². The Hall–Kier alpha value is -1.48. The van der Waals surface area contributed by atoms with Crippen LogP contribution < -0.4 is 4.74 Å². The van der Waals surface area contributed by atoms with Crippen LogP contribution in [0, 0.1) is 0 Å². The molecular formula is C15H21NO2. The van der Waals surface area contributed by atoms with Crippen molar-refractivity contribution >= 4 is 10.9 Å². The van der Waals surface area contributed by atoms with E-state index in [-0.39, 0.29) is 0 Å². The maximum atomic E-state index is 5.64. The first-order valence-electron chi connectivity index (χ1n) is 6.65. The van der Waals surface area contributed by atoms with Crippen molar-refractivity contribution in [1.29, 1.82) is 0 Å². The number of fused-ring (bicyclic) bond motifs is 1. The van der Waals surface area contributed by atoms with Crippen molar-refractivity contribution in [1.82, 2.24) is 4.57 Å². The molecule has 0 saturated heterocycles. The number of hydrogen-bond donors (Lipinski definition) is 0. The molecule has 0 aliphatic rings. The molecule has 0 unspecified atom stereocenters. The third-order valence-electron chi connectivity index (χ3n) is 2.97. The van der Waals surface area contributed by atoms with Crippen molar-refractivity contribution in [3.63, 3.8) is 0 Å². The molecule has 3 nitrogen and oxygen atoms in total. The van der Waals surface area contributed by atoms with Gasteiger partial charge in [0.1, 0.15) is 5.75 Å². The van der Waals surface area contributed by atoms with Crippen LogP contribution in [-0.2, 0) is 11.3 Å². The normalized spacial score (nSPS) is 11.0. The molecule has 0 fully saturated rings. The fourth-order valence-electron chi connectivity index (χ4n) is 2.15. The van der Waals surface area contributed by atoms with Gasteiger partial charge in [-0.05, 0) is 38.5 Å². The Bertz CT molecular complexity index is 490. The van der Waals surface area contributed by atoms with Crippen LogP contribution in [0.4, 0.5) is 0 Å². The van der Waals surface area contributed by atoms with Gasteiger partial charge in [0, 0.05) is 31.3 Å². The van der Waals surface area contributed by atoms with Crippen molar-refractivity contribution in [2.75, 3.05) is 19.8 Å². The summed E-state index contributed by atoms with van der Waals surface area (Å²) in [5.41, 5.74) is 1.23. The van der Waals surface area contributed by atoms with E-state index in [4.69, 9.17) is 9.47 Å². The number of ether oxygens (including phenoxy) is 2. The smallest absolute Gasteiger partial charge is 0.128 e. The van der Waals surface area contributed by atoms with Gasteiger partial charge in [-0.15, -0.1) is 0 Å². The number of benzene rings is 1. The third-order valence-corrected chi connectivity index (χ3v) is 2.97. The second kappa shape index (κ2) is 6.45. The van der Waals surface area contributed by atoms with Crippen LogP contribution in [-0.4, -0.2) is 24.4 Å². The topological polar surface area (TPSA) is 23.4 Å². The van der Waals surface area contributed by atoms with Gasteiger partial charge in [0.05, 0.1) is 12.1 Å². The first kappa shape index (κ1) is 13.0. The maximum Gasteiger partial charge on any atom is 0.128 e. The van der Waals surface area contributed by atoms with Gasteiger partial charge in [-0.3, -0.25) is 0 Å². The van der Waals surface area contributed by atoms with Gasteiger partial charge >= 0.3 is 0 Å². The lowest BCUT2D eigenvalue weighted by Crippen LogP contribution is -2.01. The molecule has 18 heavy (non-hydrogen) atoms. The first-order valence-corrected chi connectivity index (χ1v) is 6.65. The molecular weight excluding hydrogens is 226 g/mol. The summed E-state index contributed by atoms with van der Waals surface area (Å²) in [5, 5.41) is 1.19. The Balaban J connectivity index is 2.12. The Morgan fingerprint density at radius 1 is 1.11 bits per heavy atom. The summed E-state index contributed by atoms with van der Waals surface area (Å²) in [7, 11) is 0. The molecule has 2 rings (SSSR count). The average Bonchev–Trinajstić information content (AvgIpc) is 2.80. The summed E-state index contributed by atoms with van der Waals surface area (Å²) >= 11 is 0. The highest BCUT2D eigenvalue weighted by molar-refractivity contribution is 5.86. The van der Waals surface area contributed by atoms with Crippen molar-refractivity contribution in [3.05, 3.63) is 30.5 Å². The van der Waals surface area contributed by atoms with Crippen molar-refractivity contribution in [2.45, 2.75) is 26.8 Å². The molecule has 0 N–H and O–H groups in total. The zero-order valence-electron chi connectivity index (χ0n) is 11.2. The average molecular weight is 247 g/mol. The van der Waals surface area contributed by atoms with E-state index in [1.807, 2.05) is 26.0 Å². The molecule has 3 heteroatoms. The quantitative estimate of drug-likeness (QED) is 0.699. The molecule has 0 bridgehead atoms. The monoisotopic (exact) mass is 247 g/mol. The van der Waals surface area contributed by atoms with Crippen molar-refractivity contribution in [3.8, 4) is 5.75 Å². The molecule has 98 valence electrons. The molecule has 0 atom stereocenters. The second-order valence-electron chi connectivity index (χ2n) is 4.18. The minimum absolute atomic E-state index is 0.703. The predicted octanol–water partition coefficient (Wildman–Crippen LogP) is 3.47. The lowest BCUT2D eigenvalue weighted by molar-refractivity contribution is 0.142. The number of aryl methyl sites for hydroxylation is 1. The van der Waals surface area contributed by atoms with Crippen LogP contribution in [0.15, 0.2) is 30.5 Å². The molecule has 1 heterocycles. The van der Waals surface area contributed by atoms with Crippen LogP contribution >= 0.6 is 0 Å². The van der Waals surface area contributed by atoms with E-state index in [9.17, 15) is 0 Å². The van der Waals surface area contributed by atoms with E-state index in [2.05, 4.69) is 22.9 Å². The third kappa shape index (κ3) is 2.85. The minimum Gasteiger partial charge on any atom is -0.493 e. The van der Waals surface area contributed by atoms with Gasteiger partial charge in [0.25, 0.3) is 0 Å². The fourth-order valence-corrected chi connectivity index (χ4v) is 2.15. The summed E-state index contributed by atoms with van der Waals surface area (Å²) in [4.78, 5) is 0. The van der Waals surface area contributed by atoms with E-state index in [0.717, 1.165) is 31.9 Å². The molecule has 0 saturated carbocycles. The zero-order valence-corrected chi connectivity index (χ0v) is 11.2. The van der Waals surface area contributed by atoms with Gasteiger partial charge in [0.2, 0.25) is 0 Å². The van der Waals surface area contributed by atoms with E-state index in [0.29, 0.717) is 6.61 Å². The van der Waals surface area contributed by atoms with E-state index in [1.165, 1.54) is 10.9 Å². The molecule has 0 aliphatic carbocycles. The van der Waals surface area contributed by atoms with Crippen LogP contribution in [0.3, 0.4) is 0 Å². The Morgan fingerprint density at radius 2 is 2.00 bits per heavy atom. The van der Waals surface area contributed by atoms with Crippen LogP contribution in [0.25, 0.3) is 10.9 Å². The number of rotatable bonds is 7. The number of nitrogens with zero attached hydrogens (tertiary/aromatic N) is 1. The SMILES string of the molecule is CCOCCCn1ccc2c(OCC)cccc21. The molecule has 0 aliphatic heterocycles. The summed E-state index contributed by atoms with van der Waals surface area (Å²) in [6, 6.07) is 8.34. The number of aromatic nitrogens is 1. The molecule has 1 aromatic heterocycles. The molecule has 0 radical (unpaired) electrons. The van der Waals surface area contributed by atoms with Gasteiger partial charge in [-0.25, -0.2) is 0 Å². The standard InChI is InChI=1S/C15H21NO2/c1-3-17-12-6-10-16-11-9-13-14(16)7-5-8-15(13)18-4-2/h5,7-9,11H,3-4,6,10,12H2,1-2H3. The maximum absolute atomic E-state index is 5.64. The Kier molecular flexibility index (Phi) is 4.65. The van der Waals surface area contributed by atoms with E-state index in [1.54, 1.807) is 0 Å². The second-order valence-corrected chi connectivity index (χ2v) is 4.18. The predicted molar refractivity (Wildman–Crippen MR) is 74.2 cm³/mol. The minimum atomic E-state index is 0.703. The highest BCUT2D eigenvalue weighted by Gasteiger charge is 2.05. The summed E-state index contributed by atoms with van der Waals surface area (Å²) < 4.78 is 13.3. The van der Waals surface area contributed by atoms with Gasteiger partial charge in [-0.1, -0.05) is 6.07 Å². The zero-order chi connectivity index (χ0) is 12.8. The lowest BCUT2D eigenvalue weighted by Gasteiger charge is -2.07. The fraction of sp³-hybridized carbons (Fsp3) is 0.467. The molecule has 0 spiro atoms. The lowest BCUT2D eigenvalue weighted by atomic mass is 10.2. The first-order chi connectivity index (χ1) is 8.86. The molecule has 2 aromatic rings. The van der Waals surface area contributed by atoms with Gasteiger partial charge in [0.15, 0.2) is 0 Å². The summed E-state index contributed by atoms with van der Waals surface area (Å²) in [6.45, 7) is 7.34. The van der Waals surface area contributed by atoms with Gasteiger partial charge in [-0.2, -0.15) is 0 Å².